The molecule has 1 aromatic carbocycles. The van der Waals surface area contributed by atoms with Crippen LogP contribution in [0.4, 0.5) is 29.0 Å². The summed E-state index contributed by atoms with van der Waals surface area (Å²) >= 11 is 0. The van der Waals surface area contributed by atoms with E-state index in [1.807, 2.05) is 49.9 Å². The SMILES string of the molecule is Cc1cccc(Nc2nc(N)c([N+](=O)[O-])c(N3C[C@H](C)O[C@@H](C)C3)n2)c1. The van der Waals surface area contributed by atoms with Gasteiger partial charge >= 0.3 is 5.69 Å². The van der Waals surface area contributed by atoms with Crippen LogP contribution in [0.25, 0.3) is 0 Å². The van der Waals surface area contributed by atoms with Gasteiger partial charge in [0.15, 0.2) is 0 Å². The predicted molar refractivity (Wildman–Crippen MR) is 99.8 cm³/mol. The van der Waals surface area contributed by atoms with Crippen LogP contribution in [0.1, 0.15) is 19.4 Å². The Morgan fingerprint density at radius 2 is 2.00 bits per heavy atom. The number of aryl methyl sites for hydroxylation is 1. The highest BCUT2D eigenvalue weighted by molar-refractivity contribution is 5.72. The minimum Gasteiger partial charge on any atom is -0.378 e. The molecule has 9 heteroatoms. The molecule has 138 valence electrons. The summed E-state index contributed by atoms with van der Waals surface area (Å²) in [5.41, 5.74) is 7.47. The second-order valence-corrected chi connectivity index (χ2v) is 6.52. The second kappa shape index (κ2) is 7.12. The van der Waals surface area contributed by atoms with E-state index in [0.717, 1.165) is 11.3 Å². The maximum atomic E-state index is 11.5. The molecule has 1 saturated heterocycles. The molecule has 3 N–H and O–H groups in total. The van der Waals surface area contributed by atoms with E-state index in [-0.39, 0.29) is 35.5 Å². The van der Waals surface area contributed by atoms with E-state index in [9.17, 15) is 10.1 Å². The summed E-state index contributed by atoms with van der Waals surface area (Å²) in [6, 6.07) is 7.67. The van der Waals surface area contributed by atoms with E-state index in [1.54, 1.807) is 0 Å². The summed E-state index contributed by atoms with van der Waals surface area (Å²) in [7, 11) is 0. The summed E-state index contributed by atoms with van der Waals surface area (Å²) in [4.78, 5) is 21.3. The van der Waals surface area contributed by atoms with E-state index < -0.39 is 4.92 Å². The van der Waals surface area contributed by atoms with Crippen molar-refractivity contribution in [1.82, 2.24) is 9.97 Å². The lowest BCUT2D eigenvalue weighted by Crippen LogP contribution is -2.46. The zero-order valence-electron chi connectivity index (χ0n) is 15.0. The molecular weight excluding hydrogens is 336 g/mol. The van der Waals surface area contributed by atoms with Crippen molar-refractivity contribution in [1.29, 1.82) is 0 Å². The van der Waals surface area contributed by atoms with E-state index in [4.69, 9.17) is 10.5 Å². The van der Waals surface area contributed by atoms with Gasteiger partial charge in [0.25, 0.3) is 0 Å². The standard InChI is InChI=1S/C17H22N6O3/c1-10-5-4-6-13(7-10)19-17-20-15(18)14(23(24)25)16(21-17)22-8-11(2)26-12(3)9-22/h4-7,11-12H,8-9H2,1-3H3,(H3,18,19,20,21)/t11-,12-/m0/s1. The largest absolute Gasteiger partial charge is 0.378 e. The molecule has 0 amide bonds. The van der Waals surface area contributed by atoms with Crippen LogP contribution in [0, 0.1) is 17.0 Å². The molecule has 1 aliphatic heterocycles. The first-order chi connectivity index (χ1) is 12.3. The summed E-state index contributed by atoms with van der Waals surface area (Å²) in [5.74, 6) is 0.266. The number of ether oxygens (including phenoxy) is 1. The van der Waals surface area contributed by atoms with Crippen molar-refractivity contribution >= 4 is 29.0 Å². The first kappa shape index (κ1) is 17.9. The van der Waals surface area contributed by atoms with Gasteiger partial charge in [-0.15, -0.1) is 0 Å². The second-order valence-electron chi connectivity index (χ2n) is 6.52. The van der Waals surface area contributed by atoms with Gasteiger partial charge in [0.1, 0.15) is 0 Å². The maximum absolute atomic E-state index is 11.5. The molecular formula is C17H22N6O3. The molecule has 26 heavy (non-hydrogen) atoms. The Labute approximate surface area is 151 Å². The topological polar surface area (TPSA) is 119 Å². The fourth-order valence-electron chi connectivity index (χ4n) is 3.11. The molecule has 1 fully saturated rings. The molecule has 0 spiro atoms. The molecule has 0 radical (unpaired) electrons. The smallest absolute Gasteiger partial charge is 0.353 e. The summed E-state index contributed by atoms with van der Waals surface area (Å²) in [6.07, 6.45) is -0.134. The number of morpholine rings is 1. The number of benzene rings is 1. The zero-order valence-corrected chi connectivity index (χ0v) is 15.0. The summed E-state index contributed by atoms with van der Waals surface area (Å²) < 4.78 is 5.71. The number of anilines is 4. The number of hydrogen-bond donors (Lipinski definition) is 2. The molecule has 0 aliphatic carbocycles. The molecule has 1 aliphatic rings. The Balaban J connectivity index is 2.00. The Kier molecular flexibility index (Phi) is 4.90. The molecule has 0 bridgehead atoms. The van der Waals surface area contributed by atoms with E-state index in [0.29, 0.717) is 13.1 Å². The van der Waals surface area contributed by atoms with Gasteiger partial charge in [0.2, 0.25) is 17.6 Å². The minimum absolute atomic E-state index is 0.0669. The van der Waals surface area contributed by atoms with Crippen LogP contribution in [-0.2, 0) is 4.74 Å². The number of aromatic nitrogens is 2. The van der Waals surface area contributed by atoms with Crippen LogP contribution in [0.5, 0.6) is 0 Å². The van der Waals surface area contributed by atoms with E-state index in [2.05, 4.69) is 15.3 Å². The van der Waals surface area contributed by atoms with Crippen molar-refractivity contribution in [2.45, 2.75) is 33.0 Å². The molecule has 3 rings (SSSR count). The monoisotopic (exact) mass is 358 g/mol. The lowest BCUT2D eigenvalue weighted by atomic mass is 10.2. The maximum Gasteiger partial charge on any atom is 0.353 e. The van der Waals surface area contributed by atoms with Crippen molar-refractivity contribution in [2.75, 3.05) is 29.0 Å². The average Bonchev–Trinajstić information content (AvgIpc) is 2.53. The third kappa shape index (κ3) is 3.83. The number of rotatable bonds is 4. The van der Waals surface area contributed by atoms with Gasteiger partial charge in [-0.2, -0.15) is 9.97 Å². The van der Waals surface area contributed by atoms with Gasteiger partial charge < -0.3 is 20.7 Å². The quantitative estimate of drug-likeness (QED) is 0.632. The third-order valence-corrected chi connectivity index (χ3v) is 4.07. The first-order valence-electron chi connectivity index (χ1n) is 8.39. The Morgan fingerprint density at radius 3 is 2.62 bits per heavy atom. The number of nitro groups is 1. The number of nitrogen functional groups attached to an aromatic ring is 1. The fraction of sp³-hybridized carbons (Fsp3) is 0.412. The fourth-order valence-corrected chi connectivity index (χ4v) is 3.11. The van der Waals surface area contributed by atoms with Crippen LogP contribution >= 0.6 is 0 Å². The molecule has 1 aromatic heterocycles. The molecule has 2 heterocycles. The van der Waals surface area contributed by atoms with E-state index >= 15 is 0 Å². The minimum atomic E-state index is -0.536. The van der Waals surface area contributed by atoms with Gasteiger partial charge in [-0.05, 0) is 38.5 Å². The Hall–Kier alpha value is -2.94. The van der Waals surface area contributed by atoms with Crippen molar-refractivity contribution in [3.63, 3.8) is 0 Å². The third-order valence-electron chi connectivity index (χ3n) is 4.07. The van der Waals surface area contributed by atoms with Crippen LogP contribution in [0.3, 0.4) is 0 Å². The predicted octanol–water partition coefficient (Wildman–Crippen LogP) is 2.63. The van der Waals surface area contributed by atoms with Crippen molar-refractivity contribution in [3.05, 3.63) is 39.9 Å². The average molecular weight is 358 g/mol. The molecule has 2 aromatic rings. The van der Waals surface area contributed by atoms with E-state index in [1.165, 1.54) is 0 Å². The van der Waals surface area contributed by atoms with Gasteiger partial charge in [-0.1, -0.05) is 12.1 Å². The number of nitrogens with zero attached hydrogens (tertiary/aromatic N) is 4. The lowest BCUT2D eigenvalue weighted by molar-refractivity contribution is -0.383. The zero-order chi connectivity index (χ0) is 18.8. The molecule has 2 atom stereocenters. The number of nitrogens with one attached hydrogen (secondary N) is 1. The normalized spacial score (nSPS) is 20.0. The van der Waals surface area contributed by atoms with Gasteiger partial charge in [-0.25, -0.2) is 0 Å². The van der Waals surface area contributed by atoms with Crippen molar-refractivity contribution in [2.24, 2.45) is 0 Å². The van der Waals surface area contributed by atoms with Gasteiger partial charge in [0, 0.05) is 18.8 Å². The molecule has 9 nitrogen and oxygen atoms in total. The Bertz CT molecular complexity index is 818. The molecule has 0 unspecified atom stereocenters. The van der Waals surface area contributed by atoms with Crippen LogP contribution in [-0.4, -0.2) is 40.2 Å². The van der Waals surface area contributed by atoms with Crippen LogP contribution in [0.2, 0.25) is 0 Å². The lowest BCUT2D eigenvalue weighted by Gasteiger charge is -2.35. The highest BCUT2D eigenvalue weighted by Gasteiger charge is 2.32. The summed E-state index contributed by atoms with van der Waals surface area (Å²) in [6.45, 7) is 6.80. The van der Waals surface area contributed by atoms with Gasteiger partial charge in [0.05, 0.1) is 17.1 Å². The van der Waals surface area contributed by atoms with Crippen LogP contribution in [0.15, 0.2) is 24.3 Å². The number of hydrogen-bond acceptors (Lipinski definition) is 8. The van der Waals surface area contributed by atoms with Gasteiger partial charge in [-0.3, -0.25) is 10.1 Å². The Morgan fingerprint density at radius 1 is 1.31 bits per heavy atom. The number of nitrogens with two attached hydrogens (primary N) is 1. The van der Waals surface area contributed by atoms with Crippen molar-refractivity contribution in [3.8, 4) is 0 Å². The first-order valence-corrected chi connectivity index (χ1v) is 8.39. The molecule has 0 saturated carbocycles. The summed E-state index contributed by atoms with van der Waals surface area (Å²) in [5, 5.41) is 14.6. The van der Waals surface area contributed by atoms with Crippen molar-refractivity contribution < 1.29 is 9.66 Å². The highest BCUT2D eigenvalue weighted by atomic mass is 16.6. The highest BCUT2D eigenvalue weighted by Crippen LogP contribution is 2.34. The van der Waals surface area contributed by atoms with Crippen LogP contribution < -0.4 is 16.0 Å².